The van der Waals surface area contributed by atoms with Crippen molar-refractivity contribution < 1.29 is 24.1 Å². The van der Waals surface area contributed by atoms with Crippen molar-refractivity contribution in [2.45, 2.75) is 98.8 Å². The molecule has 0 unspecified atom stereocenters. The number of hydrogen-bond acceptors (Lipinski definition) is 5. The van der Waals surface area contributed by atoms with Crippen LogP contribution >= 0.6 is 0 Å². The normalized spacial score (nSPS) is 12.4. The highest BCUT2D eigenvalue weighted by Gasteiger charge is 2.24. The van der Waals surface area contributed by atoms with Gasteiger partial charge in [0, 0.05) is 23.3 Å². The molecule has 2 aromatic rings. The molecule has 0 saturated carbocycles. The molecule has 2 aromatic carbocycles. The van der Waals surface area contributed by atoms with E-state index in [9.17, 15) is 5.11 Å². The zero-order chi connectivity index (χ0) is 24.3. The molecule has 0 radical (unpaired) electrons. The second kappa shape index (κ2) is 10.0. The molecule has 0 saturated heterocycles. The summed E-state index contributed by atoms with van der Waals surface area (Å²) >= 11 is 0. The van der Waals surface area contributed by atoms with Crippen LogP contribution in [0.1, 0.15) is 86.5 Å². The first-order valence-corrected chi connectivity index (χ1v) is 11.3. The summed E-state index contributed by atoms with van der Waals surface area (Å²) < 4.78 is 24.1. The van der Waals surface area contributed by atoms with E-state index in [1.54, 1.807) is 0 Å². The number of rotatable bonds is 8. The smallest absolute Gasteiger partial charge is 0.129 e. The predicted octanol–water partition coefficient (Wildman–Crippen LogP) is 6.70. The first-order valence-electron chi connectivity index (χ1n) is 11.3. The van der Waals surface area contributed by atoms with Crippen molar-refractivity contribution in [1.29, 1.82) is 0 Å². The Hall–Kier alpha value is -2.40. The Morgan fingerprint density at radius 2 is 0.969 bits per heavy atom. The molecule has 5 heteroatoms. The van der Waals surface area contributed by atoms with Crippen LogP contribution in [0, 0.1) is 0 Å². The molecule has 32 heavy (non-hydrogen) atoms. The third-order valence-corrected chi connectivity index (χ3v) is 4.13. The molecule has 0 aliphatic heterocycles. The zero-order valence-corrected chi connectivity index (χ0v) is 21.3. The van der Waals surface area contributed by atoms with Gasteiger partial charge < -0.3 is 24.1 Å². The molecule has 178 valence electrons. The van der Waals surface area contributed by atoms with E-state index < -0.39 is 6.10 Å². The van der Waals surface area contributed by atoms with Gasteiger partial charge in [-0.05, 0) is 93.5 Å². The SMILES string of the molecule is CC(C)Oc1cc(OC(C)(C)C)ccc1C(O)c1ccc(OC(C)(C)C)cc1OC(C)C. The molecule has 0 bridgehead atoms. The largest absolute Gasteiger partial charge is 0.490 e. The first kappa shape index (κ1) is 25.9. The third kappa shape index (κ3) is 7.94. The van der Waals surface area contributed by atoms with Crippen molar-refractivity contribution >= 4 is 0 Å². The summed E-state index contributed by atoms with van der Waals surface area (Å²) in [7, 11) is 0. The van der Waals surface area contributed by atoms with E-state index >= 15 is 0 Å². The molecule has 0 atom stereocenters. The maximum absolute atomic E-state index is 11.4. The minimum atomic E-state index is -0.940. The Morgan fingerprint density at radius 3 is 1.25 bits per heavy atom. The minimum Gasteiger partial charge on any atom is -0.490 e. The third-order valence-electron chi connectivity index (χ3n) is 4.13. The average Bonchev–Trinajstić information content (AvgIpc) is 2.57. The highest BCUT2D eigenvalue weighted by atomic mass is 16.5. The van der Waals surface area contributed by atoms with E-state index in [4.69, 9.17) is 18.9 Å². The van der Waals surface area contributed by atoms with Gasteiger partial charge in [-0.3, -0.25) is 0 Å². The molecule has 0 aliphatic rings. The van der Waals surface area contributed by atoms with E-state index in [2.05, 4.69) is 0 Å². The van der Waals surface area contributed by atoms with E-state index in [-0.39, 0.29) is 23.4 Å². The van der Waals surface area contributed by atoms with E-state index in [0.717, 1.165) is 0 Å². The Bertz CT molecular complexity index is 814. The van der Waals surface area contributed by atoms with Crippen molar-refractivity contribution in [2.75, 3.05) is 0 Å². The second-order valence-corrected chi connectivity index (χ2v) is 10.6. The summed E-state index contributed by atoms with van der Waals surface area (Å²) in [6.07, 6.45) is -1.05. The van der Waals surface area contributed by atoms with Gasteiger partial charge in [-0.1, -0.05) is 0 Å². The lowest BCUT2D eigenvalue weighted by Gasteiger charge is -2.26. The summed E-state index contributed by atoms with van der Waals surface area (Å²) in [5, 5.41) is 11.4. The van der Waals surface area contributed by atoms with Crippen LogP contribution in [0.3, 0.4) is 0 Å². The standard InChI is InChI=1S/C27H40O5/c1-17(2)29-23-15-19(31-26(5,6)7)11-13-21(23)25(28)22-14-12-20(32-27(8,9)10)16-24(22)30-18(3)4/h11-18,25,28H,1-10H3. The molecule has 5 nitrogen and oxygen atoms in total. The van der Waals surface area contributed by atoms with Gasteiger partial charge in [0.15, 0.2) is 0 Å². The minimum absolute atomic E-state index is 0.0558. The Balaban J connectivity index is 2.50. The molecule has 0 aromatic heterocycles. The lowest BCUT2D eigenvalue weighted by atomic mass is 9.99. The van der Waals surface area contributed by atoms with Gasteiger partial charge in [0.2, 0.25) is 0 Å². The summed E-state index contributed by atoms with van der Waals surface area (Å²) in [4.78, 5) is 0. The Labute approximate surface area is 193 Å². The highest BCUT2D eigenvalue weighted by Crippen LogP contribution is 2.39. The fraction of sp³-hybridized carbons (Fsp3) is 0.556. The fourth-order valence-corrected chi connectivity index (χ4v) is 3.19. The quantitative estimate of drug-likeness (QED) is 0.491. The molecular weight excluding hydrogens is 404 g/mol. The lowest BCUT2D eigenvalue weighted by molar-refractivity contribution is 0.129. The lowest BCUT2D eigenvalue weighted by Crippen LogP contribution is -2.23. The number of aliphatic hydroxyl groups is 1. The topological polar surface area (TPSA) is 57.2 Å². The van der Waals surface area contributed by atoms with Crippen molar-refractivity contribution in [1.82, 2.24) is 0 Å². The zero-order valence-electron chi connectivity index (χ0n) is 21.3. The van der Waals surface area contributed by atoms with E-state index in [1.165, 1.54) is 0 Å². The molecule has 0 aliphatic carbocycles. The van der Waals surface area contributed by atoms with Crippen LogP contribution in [0.25, 0.3) is 0 Å². The summed E-state index contributed by atoms with van der Waals surface area (Å²) in [6.45, 7) is 19.8. The van der Waals surface area contributed by atoms with Crippen LogP contribution in [0.2, 0.25) is 0 Å². The molecule has 0 heterocycles. The second-order valence-electron chi connectivity index (χ2n) is 10.6. The van der Waals surface area contributed by atoms with Gasteiger partial charge >= 0.3 is 0 Å². The fourth-order valence-electron chi connectivity index (χ4n) is 3.19. The maximum atomic E-state index is 11.4. The maximum Gasteiger partial charge on any atom is 0.129 e. The molecule has 1 N–H and O–H groups in total. The van der Waals surface area contributed by atoms with Crippen LogP contribution in [0.15, 0.2) is 36.4 Å². The summed E-state index contributed by atoms with van der Waals surface area (Å²) in [6, 6.07) is 11.1. The van der Waals surface area contributed by atoms with Gasteiger partial charge in [-0.15, -0.1) is 0 Å². The van der Waals surface area contributed by atoms with Crippen LogP contribution < -0.4 is 18.9 Å². The van der Waals surface area contributed by atoms with Crippen molar-refractivity contribution in [3.8, 4) is 23.0 Å². The predicted molar refractivity (Wildman–Crippen MR) is 129 cm³/mol. The van der Waals surface area contributed by atoms with Gasteiger partial charge in [-0.25, -0.2) is 0 Å². The molecule has 2 rings (SSSR count). The summed E-state index contributed by atoms with van der Waals surface area (Å²) in [5.41, 5.74) is 0.628. The number of aliphatic hydroxyl groups excluding tert-OH is 1. The van der Waals surface area contributed by atoms with Crippen molar-refractivity contribution in [2.24, 2.45) is 0 Å². The van der Waals surface area contributed by atoms with Crippen molar-refractivity contribution in [3.63, 3.8) is 0 Å². The van der Waals surface area contributed by atoms with Crippen LogP contribution in [0.5, 0.6) is 23.0 Å². The van der Waals surface area contributed by atoms with Gasteiger partial charge in [0.25, 0.3) is 0 Å². The van der Waals surface area contributed by atoms with Gasteiger partial charge in [-0.2, -0.15) is 0 Å². The van der Waals surface area contributed by atoms with Crippen LogP contribution in [-0.4, -0.2) is 28.5 Å². The Kier molecular flexibility index (Phi) is 8.11. The van der Waals surface area contributed by atoms with Gasteiger partial charge in [0.05, 0.1) is 12.2 Å². The van der Waals surface area contributed by atoms with Gasteiger partial charge in [0.1, 0.15) is 40.3 Å². The molecular formula is C27H40O5. The van der Waals surface area contributed by atoms with E-state index in [0.29, 0.717) is 34.1 Å². The number of ether oxygens (including phenoxy) is 4. The summed E-state index contributed by atoms with van der Waals surface area (Å²) in [5.74, 6) is 2.55. The monoisotopic (exact) mass is 444 g/mol. The number of hydrogen-bond donors (Lipinski definition) is 1. The molecule has 0 fully saturated rings. The molecule has 0 spiro atoms. The average molecular weight is 445 g/mol. The number of benzene rings is 2. The van der Waals surface area contributed by atoms with Crippen LogP contribution in [-0.2, 0) is 0 Å². The van der Waals surface area contributed by atoms with Crippen LogP contribution in [0.4, 0.5) is 0 Å². The molecule has 0 amide bonds. The first-order chi connectivity index (χ1) is 14.6. The Morgan fingerprint density at radius 1 is 0.625 bits per heavy atom. The van der Waals surface area contributed by atoms with E-state index in [1.807, 2.05) is 106 Å². The van der Waals surface area contributed by atoms with Crippen molar-refractivity contribution in [3.05, 3.63) is 47.5 Å². The highest BCUT2D eigenvalue weighted by molar-refractivity contribution is 5.50.